The lowest BCUT2D eigenvalue weighted by Gasteiger charge is -2.26. The van der Waals surface area contributed by atoms with Gasteiger partial charge in [0, 0.05) is 6.92 Å². The Kier molecular flexibility index (Phi) is 2.75. The van der Waals surface area contributed by atoms with E-state index in [0.717, 1.165) is 6.92 Å². The lowest BCUT2D eigenvalue weighted by Crippen LogP contribution is -2.38. The maximum Gasteiger partial charge on any atom is 0.278 e. The zero-order chi connectivity index (χ0) is 8.41. The Morgan fingerprint density at radius 3 is 1.60 bits per heavy atom. The van der Waals surface area contributed by atoms with Gasteiger partial charge in [-0.1, -0.05) is 13.3 Å². The van der Waals surface area contributed by atoms with Crippen molar-refractivity contribution in [2.45, 2.75) is 45.2 Å². The molecular formula is C7H13F3. The van der Waals surface area contributed by atoms with Crippen molar-refractivity contribution < 1.29 is 13.2 Å². The average molecular weight is 154 g/mol. The fraction of sp³-hybridized carbons (Fsp3) is 1.00. The molecule has 0 saturated heterocycles. The topological polar surface area (TPSA) is 0 Å². The molecule has 0 amide bonds. The van der Waals surface area contributed by atoms with Gasteiger partial charge in [-0.05, 0) is 13.3 Å². The summed E-state index contributed by atoms with van der Waals surface area (Å²) in [5.74, 6) is -3.22. The van der Waals surface area contributed by atoms with Crippen molar-refractivity contribution in [2.75, 3.05) is 0 Å². The van der Waals surface area contributed by atoms with E-state index in [-0.39, 0.29) is 6.42 Å². The molecule has 0 aromatic carbocycles. The smallest absolute Gasteiger partial charge is 0.238 e. The standard InChI is InChI=1S/C7H13F3/c1-4-5-6(2,8)7(3,9)10/h4-5H2,1-3H3. The summed E-state index contributed by atoms with van der Waals surface area (Å²) in [4.78, 5) is 0. The number of halogens is 3. The highest BCUT2D eigenvalue weighted by Crippen LogP contribution is 2.35. The van der Waals surface area contributed by atoms with Crippen LogP contribution in [0, 0.1) is 0 Å². The van der Waals surface area contributed by atoms with Gasteiger partial charge >= 0.3 is 0 Å². The van der Waals surface area contributed by atoms with E-state index in [1.54, 1.807) is 6.92 Å². The van der Waals surface area contributed by atoms with E-state index >= 15 is 0 Å². The van der Waals surface area contributed by atoms with Crippen LogP contribution in [0.4, 0.5) is 13.2 Å². The van der Waals surface area contributed by atoms with Crippen LogP contribution in [0.1, 0.15) is 33.6 Å². The van der Waals surface area contributed by atoms with Crippen molar-refractivity contribution >= 4 is 0 Å². The first-order valence-electron chi connectivity index (χ1n) is 3.38. The highest BCUT2D eigenvalue weighted by Gasteiger charge is 2.45. The van der Waals surface area contributed by atoms with E-state index in [4.69, 9.17) is 0 Å². The second-order valence-corrected chi connectivity index (χ2v) is 2.84. The molecule has 0 heterocycles. The Morgan fingerprint density at radius 1 is 1.10 bits per heavy atom. The van der Waals surface area contributed by atoms with Gasteiger partial charge in [-0.3, -0.25) is 0 Å². The molecule has 0 rings (SSSR count). The Hall–Kier alpha value is -0.210. The first kappa shape index (κ1) is 9.79. The third kappa shape index (κ3) is 2.20. The van der Waals surface area contributed by atoms with Crippen LogP contribution in [0.15, 0.2) is 0 Å². The minimum absolute atomic E-state index is 0.0868. The van der Waals surface area contributed by atoms with Gasteiger partial charge in [0.15, 0.2) is 5.67 Å². The number of alkyl halides is 3. The molecule has 0 nitrogen and oxygen atoms in total. The first-order valence-corrected chi connectivity index (χ1v) is 3.38. The molecule has 0 aliphatic carbocycles. The molecule has 10 heavy (non-hydrogen) atoms. The van der Waals surface area contributed by atoms with Crippen molar-refractivity contribution in [3.8, 4) is 0 Å². The molecule has 0 N–H and O–H groups in total. The van der Waals surface area contributed by atoms with Crippen molar-refractivity contribution in [1.82, 2.24) is 0 Å². The predicted molar refractivity (Wildman–Crippen MR) is 35.0 cm³/mol. The van der Waals surface area contributed by atoms with Gasteiger partial charge in [0.05, 0.1) is 0 Å². The highest BCUT2D eigenvalue weighted by molar-refractivity contribution is 4.85. The quantitative estimate of drug-likeness (QED) is 0.585. The molecular weight excluding hydrogens is 141 g/mol. The predicted octanol–water partition coefficient (Wildman–Crippen LogP) is 3.17. The summed E-state index contributed by atoms with van der Waals surface area (Å²) >= 11 is 0. The molecule has 0 aromatic rings. The zero-order valence-electron chi connectivity index (χ0n) is 6.55. The van der Waals surface area contributed by atoms with Crippen LogP contribution in [0.3, 0.4) is 0 Å². The monoisotopic (exact) mass is 154 g/mol. The summed E-state index contributed by atoms with van der Waals surface area (Å²) in [7, 11) is 0. The molecule has 0 aliphatic heterocycles. The second-order valence-electron chi connectivity index (χ2n) is 2.84. The fourth-order valence-corrected chi connectivity index (χ4v) is 0.689. The van der Waals surface area contributed by atoms with Gasteiger partial charge in [0.2, 0.25) is 0 Å². The molecule has 0 bridgehead atoms. The van der Waals surface area contributed by atoms with Gasteiger partial charge in [0.1, 0.15) is 0 Å². The molecule has 62 valence electrons. The van der Waals surface area contributed by atoms with Crippen molar-refractivity contribution in [3.05, 3.63) is 0 Å². The zero-order valence-corrected chi connectivity index (χ0v) is 6.55. The second kappa shape index (κ2) is 2.81. The van der Waals surface area contributed by atoms with E-state index in [2.05, 4.69) is 0 Å². The van der Waals surface area contributed by atoms with Crippen LogP contribution in [0.2, 0.25) is 0 Å². The maximum absolute atomic E-state index is 12.8. The van der Waals surface area contributed by atoms with E-state index < -0.39 is 11.6 Å². The fourth-order valence-electron chi connectivity index (χ4n) is 0.689. The normalized spacial score (nSPS) is 18.6. The van der Waals surface area contributed by atoms with Crippen molar-refractivity contribution in [3.63, 3.8) is 0 Å². The highest BCUT2D eigenvalue weighted by atomic mass is 19.3. The van der Waals surface area contributed by atoms with Gasteiger partial charge < -0.3 is 0 Å². The maximum atomic E-state index is 12.8. The summed E-state index contributed by atoms with van der Waals surface area (Å²) in [6.07, 6.45) is 0.354. The molecule has 1 atom stereocenters. The van der Waals surface area contributed by atoms with E-state index in [1.165, 1.54) is 0 Å². The minimum atomic E-state index is -3.22. The number of hydrogen-bond donors (Lipinski definition) is 0. The molecule has 0 spiro atoms. The third-order valence-electron chi connectivity index (χ3n) is 1.63. The van der Waals surface area contributed by atoms with Crippen molar-refractivity contribution in [1.29, 1.82) is 0 Å². The van der Waals surface area contributed by atoms with E-state index in [9.17, 15) is 13.2 Å². The summed E-state index contributed by atoms with van der Waals surface area (Å²) in [6, 6.07) is 0. The molecule has 0 aliphatic rings. The Bertz CT molecular complexity index is 102. The minimum Gasteiger partial charge on any atom is -0.238 e. The lowest BCUT2D eigenvalue weighted by atomic mass is 9.96. The van der Waals surface area contributed by atoms with Crippen LogP contribution in [0.25, 0.3) is 0 Å². The Morgan fingerprint density at radius 2 is 1.50 bits per heavy atom. The van der Waals surface area contributed by atoms with Crippen LogP contribution in [-0.2, 0) is 0 Å². The molecule has 3 heteroatoms. The summed E-state index contributed by atoms with van der Waals surface area (Å²) in [6.45, 7) is 3.24. The molecule has 1 unspecified atom stereocenters. The Balaban J connectivity index is 4.10. The van der Waals surface area contributed by atoms with Gasteiger partial charge in [-0.25, -0.2) is 13.2 Å². The molecule has 0 aromatic heterocycles. The summed E-state index contributed by atoms with van der Waals surface area (Å²) < 4.78 is 37.5. The van der Waals surface area contributed by atoms with Crippen LogP contribution in [-0.4, -0.2) is 11.6 Å². The van der Waals surface area contributed by atoms with E-state index in [0.29, 0.717) is 13.3 Å². The largest absolute Gasteiger partial charge is 0.278 e. The third-order valence-corrected chi connectivity index (χ3v) is 1.63. The summed E-state index contributed by atoms with van der Waals surface area (Å²) in [5, 5.41) is 0. The number of rotatable bonds is 3. The van der Waals surface area contributed by atoms with Crippen LogP contribution < -0.4 is 0 Å². The van der Waals surface area contributed by atoms with E-state index in [1.807, 2.05) is 0 Å². The Labute approximate surface area is 59.4 Å². The molecule has 0 radical (unpaired) electrons. The first-order chi connectivity index (χ1) is 4.31. The van der Waals surface area contributed by atoms with Gasteiger partial charge in [-0.15, -0.1) is 0 Å². The number of hydrogen-bond acceptors (Lipinski definition) is 0. The SMILES string of the molecule is CCCC(C)(F)C(C)(F)F. The average Bonchev–Trinajstić information content (AvgIpc) is 1.61. The van der Waals surface area contributed by atoms with Crippen LogP contribution >= 0.6 is 0 Å². The van der Waals surface area contributed by atoms with Crippen LogP contribution in [0.5, 0.6) is 0 Å². The van der Waals surface area contributed by atoms with Crippen molar-refractivity contribution in [2.24, 2.45) is 0 Å². The summed E-state index contributed by atoms with van der Waals surface area (Å²) in [5.41, 5.74) is -2.35. The molecule has 0 fully saturated rings. The molecule has 0 saturated carbocycles. The van der Waals surface area contributed by atoms with Gasteiger partial charge in [-0.2, -0.15) is 0 Å². The van der Waals surface area contributed by atoms with Gasteiger partial charge in [0.25, 0.3) is 5.92 Å². The lowest BCUT2D eigenvalue weighted by molar-refractivity contribution is -0.118.